The zero-order valence-corrected chi connectivity index (χ0v) is 12.3. The summed E-state index contributed by atoms with van der Waals surface area (Å²) >= 11 is 1.62. The van der Waals surface area contributed by atoms with Crippen LogP contribution in [0.4, 0.5) is 0 Å². The first kappa shape index (κ1) is 13.1. The molecule has 0 amide bonds. The van der Waals surface area contributed by atoms with Crippen molar-refractivity contribution in [2.45, 2.75) is 18.4 Å². The summed E-state index contributed by atoms with van der Waals surface area (Å²) in [5.41, 5.74) is 2.89. The van der Waals surface area contributed by atoms with Crippen molar-refractivity contribution in [3.63, 3.8) is 0 Å². The number of fused-ring (bicyclic) bond motifs is 1. The fourth-order valence-electron chi connectivity index (χ4n) is 2.47. The maximum absolute atomic E-state index is 12.2. The number of aromatic amines is 1. The van der Waals surface area contributed by atoms with Gasteiger partial charge in [0.15, 0.2) is 0 Å². The maximum atomic E-state index is 12.2. The van der Waals surface area contributed by atoms with E-state index < -0.39 is 0 Å². The lowest BCUT2D eigenvalue weighted by atomic mass is 10.2. The van der Waals surface area contributed by atoms with Gasteiger partial charge < -0.3 is 9.55 Å². The normalized spacial score (nSPS) is 11.1. The Hall–Kier alpha value is -1.94. The molecule has 0 saturated heterocycles. The van der Waals surface area contributed by atoms with Gasteiger partial charge in [0.05, 0.1) is 12.1 Å². The van der Waals surface area contributed by atoms with Gasteiger partial charge in [0.1, 0.15) is 0 Å². The van der Waals surface area contributed by atoms with Crippen LogP contribution in [-0.4, -0.2) is 15.8 Å². The molecular weight excluding hydrogens is 268 g/mol. The van der Waals surface area contributed by atoms with Crippen molar-refractivity contribution in [2.24, 2.45) is 0 Å². The van der Waals surface area contributed by atoms with Crippen molar-refractivity contribution >= 4 is 22.7 Å². The van der Waals surface area contributed by atoms with Crippen molar-refractivity contribution in [3.8, 4) is 0 Å². The van der Waals surface area contributed by atoms with Crippen LogP contribution in [0.5, 0.6) is 0 Å². The van der Waals surface area contributed by atoms with E-state index in [2.05, 4.69) is 27.8 Å². The fourth-order valence-corrected chi connectivity index (χ4v) is 3.17. The van der Waals surface area contributed by atoms with Gasteiger partial charge in [0, 0.05) is 22.3 Å². The van der Waals surface area contributed by atoms with E-state index in [-0.39, 0.29) is 5.56 Å². The van der Waals surface area contributed by atoms with E-state index in [4.69, 9.17) is 0 Å². The van der Waals surface area contributed by atoms with E-state index in [1.165, 1.54) is 5.39 Å². The largest absolute Gasteiger partial charge is 0.343 e. The Balaban J connectivity index is 2.10. The second-order valence-electron chi connectivity index (χ2n) is 4.83. The number of hydrogen-bond donors (Lipinski definition) is 1. The predicted molar refractivity (Wildman–Crippen MR) is 84.6 cm³/mol. The molecule has 0 spiro atoms. The third-order valence-corrected chi connectivity index (χ3v) is 4.26. The first-order valence-corrected chi connectivity index (χ1v) is 7.72. The Morgan fingerprint density at radius 2 is 2.05 bits per heavy atom. The lowest BCUT2D eigenvalue weighted by molar-refractivity contribution is 0.800. The van der Waals surface area contributed by atoms with Gasteiger partial charge in [0.2, 0.25) is 0 Å². The lowest BCUT2D eigenvalue weighted by Gasteiger charge is -2.10. The number of pyridine rings is 1. The highest BCUT2D eigenvalue weighted by Crippen LogP contribution is 2.21. The van der Waals surface area contributed by atoms with Crippen LogP contribution >= 0.6 is 11.8 Å². The molecular formula is C16H16N2OS. The van der Waals surface area contributed by atoms with Crippen molar-refractivity contribution < 1.29 is 0 Å². The Labute approximate surface area is 121 Å². The second-order valence-corrected chi connectivity index (χ2v) is 5.68. The molecule has 2 heterocycles. The molecule has 0 aliphatic rings. The van der Waals surface area contributed by atoms with Gasteiger partial charge in [-0.2, -0.15) is 0 Å². The summed E-state index contributed by atoms with van der Waals surface area (Å²) in [6.07, 6.45) is 4.04. The van der Waals surface area contributed by atoms with Crippen molar-refractivity contribution in [1.82, 2.24) is 9.55 Å². The fraction of sp³-hybridized carbons (Fsp3) is 0.188. The highest BCUT2D eigenvalue weighted by molar-refractivity contribution is 7.98. The average molecular weight is 284 g/mol. The van der Waals surface area contributed by atoms with Crippen molar-refractivity contribution in [1.29, 1.82) is 0 Å². The monoisotopic (exact) mass is 284 g/mol. The van der Waals surface area contributed by atoms with E-state index in [9.17, 15) is 4.79 Å². The Kier molecular flexibility index (Phi) is 3.40. The van der Waals surface area contributed by atoms with Gasteiger partial charge in [-0.3, -0.25) is 4.79 Å². The number of H-pyrrole nitrogens is 1. The van der Waals surface area contributed by atoms with E-state index in [0.717, 1.165) is 21.7 Å². The van der Waals surface area contributed by atoms with Crippen LogP contribution in [-0.2, 0) is 6.54 Å². The van der Waals surface area contributed by atoms with Crippen LogP contribution in [0.1, 0.15) is 11.3 Å². The molecule has 0 aliphatic heterocycles. The maximum Gasteiger partial charge on any atom is 0.254 e. The minimum Gasteiger partial charge on any atom is -0.343 e. The van der Waals surface area contributed by atoms with Crippen LogP contribution < -0.4 is 5.56 Å². The molecule has 102 valence electrons. The number of nitrogens with one attached hydrogen (secondary N) is 1. The van der Waals surface area contributed by atoms with E-state index >= 15 is 0 Å². The van der Waals surface area contributed by atoms with Gasteiger partial charge in [-0.1, -0.05) is 18.2 Å². The molecule has 0 unspecified atom stereocenters. The molecule has 0 saturated carbocycles. The quantitative estimate of drug-likeness (QED) is 0.748. The van der Waals surface area contributed by atoms with Crippen LogP contribution in [0.25, 0.3) is 10.9 Å². The zero-order chi connectivity index (χ0) is 14.1. The topological polar surface area (TPSA) is 37.8 Å². The number of rotatable bonds is 3. The molecule has 4 heteroatoms. The summed E-state index contributed by atoms with van der Waals surface area (Å²) in [6, 6.07) is 12.3. The highest BCUT2D eigenvalue weighted by atomic mass is 32.2. The summed E-state index contributed by atoms with van der Waals surface area (Å²) < 4.78 is 2.12. The highest BCUT2D eigenvalue weighted by Gasteiger charge is 2.10. The van der Waals surface area contributed by atoms with E-state index in [0.29, 0.717) is 6.54 Å². The molecule has 3 nitrogen and oxygen atoms in total. The number of thioether (sulfide) groups is 1. The molecule has 0 bridgehead atoms. The summed E-state index contributed by atoms with van der Waals surface area (Å²) in [5.74, 6) is 0. The Morgan fingerprint density at radius 3 is 2.85 bits per heavy atom. The lowest BCUT2D eigenvalue weighted by Crippen LogP contribution is -2.17. The third-order valence-electron chi connectivity index (χ3n) is 3.46. The molecule has 20 heavy (non-hydrogen) atoms. The number of benzene rings is 1. The number of aromatic nitrogens is 2. The number of nitrogens with zero attached hydrogens (tertiary/aromatic N) is 1. The molecule has 1 aromatic carbocycles. The van der Waals surface area contributed by atoms with Crippen LogP contribution in [0.2, 0.25) is 0 Å². The smallest absolute Gasteiger partial charge is 0.254 e. The summed E-state index contributed by atoms with van der Waals surface area (Å²) in [4.78, 5) is 16.1. The van der Waals surface area contributed by atoms with Crippen LogP contribution in [0.15, 0.2) is 52.3 Å². The summed E-state index contributed by atoms with van der Waals surface area (Å²) in [5, 5.41) is 1.20. The van der Waals surface area contributed by atoms with E-state index in [1.54, 1.807) is 11.8 Å². The Bertz CT molecular complexity index is 817. The third kappa shape index (κ3) is 2.27. The molecule has 0 aliphatic carbocycles. The van der Waals surface area contributed by atoms with Gasteiger partial charge in [-0.05, 0) is 36.8 Å². The first-order chi connectivity index (χ1) is 9.69. The first-order valence-electron chi connectivity index (χ1n) is 6.49. The molecule has 0 fully saturated rings. The summed E-state index contributed by atoms with van der Waals surface area (Å²) in [7, 11) is 0. The van der Waals surface area contributed by atoms with Gasteiger partial charge in [-0.15, -0.1) is 11.8 Å². The average Bonchev–Trinajstić information content (AvgIpc) is 2.85. The SMILES string of the molecule is CSc1cc(C)[nH]c(=O)c1Cn1ccc2ccccc21. The molecule has 1 N–H and O–H groups in total. The minimum atomic E-state index is 0.00660. The van der Waals surface area contributed by atoms with Crippen molar-refractivity contribution in [2.75, 3.05) is 6.26 Å². The molecule has 2 aromatic heterocycles. The number of hydrogen-bond acceptors (Lipinski definition) is 2. The number of para-hydroxylation sites is 1. The molecule has 3 aromatic rings. The zero-order valence-electron chi connectivity index (χ0n) is 11.5. The summed E-state index contributed by atoms with van der Waals surface area (Å²) in [6.45, 7) is 2.51. The van der Waals surface area contributed by atoms with Gasteiger partial charge >= 0.3 is 0 Å². The standard InChI is InChI=1S/C16H16N2OS/c1-11-9-15(20-2)13(16(19)17-11)10-18-8-7-12-5-3-4-6-14(12)18/h3-9H,10H2,1-2H3,(H,17,19). The molecule has 3 rings (SSSR count). The minimum absolute atomic E-state index is 0.00660. The predicted octanol–water partition coefficient (Wildman–Crippen LogP) is 3.41. The van der Waals surface area contributed by atoms with Crippen LogP contribution in [0.3, 0.4) is 0 Å². The molecule has 0 radical (unpaired) electrons. The Morgan fingerprint density at radius 1 is 1.25 bits per heavy atom. The van der Waals surface area contributed by atoms with Crippen molar-refractivity contribution in [3.05, 3.63) is 64.2 Å². The van der Waals surface area contributed by atoms with Gasteiger partial charge in [0.25, 0.3) is 5.56 Å². The second kappa shape index (κ2) is 5.21. The van der Waals surface area contributed by atoms with E-state index in [1.807, 2.05) is 37.6 Å². The van der Waals surface area contributed by atoms with Gasteiger partial charge in [-0.25, -0.2) is 0 Å². The van der Waals surface area contributed by atoms with Crippen LogP contribution in [0, 0.1) is 6.92 Å². The number of aryl methyl sites for hydroxylation is 1. The molecule has 0 atom stereocenters.